The van der Waals surface area contributed by atoms with E-state index >= 15 is 0 Å². The lowest BCUT2D eigenvalue weighted by Crippen LogP contribution is -2.37. The number of nitrogens with one attached hydrogen (secondary N) is 1. The molecule has 8 nitrogen and oxygen atoms in total. The number of benzene rings is 2. The number of aromatic nitrogens is 2. The van der Waals surface area contributed by atoms with Crippen LogP contribution in [0.15, 0.2) is 48.5 Å². The van der Waals surface area contributed by atoms with Crippen molar-refractivity contribution in [2.75, 3.05) is 56.4 Å². The SMILES string of the molecule is CSCc1nc2ccccc2n1CC(=O)N(C)CC(=O)Nc1ccc(N2CCOCC2)cc1. The first-order valence-electron chi connectivity index (χ1n) is 10.9. The maximum Gasteiger partial charge on any atom is 0.243 e. The lowest BCUT2D eigenvalue weighted by atomic mass is 10.2. The summed E-state index contributed by atoms with van der Waals surface area (Å²) in [6.45, 7) is 3.31. The lowest BCUT2D eigenvalue weighted by Gasteiger charge is -2.28. The zero-order chi connectivity index (χ0) is 23.2. The highest BCUT2D eigenvalue weighted by Gasteiger charge is 2.18. The molecule has 4 rings (SSSR count). The Kier molecular flexibility index (Phi) is 7.51. The summed E-state index contributed by atoms with van der Waals surface area (Å²) in [6.07, 6.45) is 2.01. The third kappa shape index (κ3) is 5.66. The number of anilines is 2. The molecule has 174 valence electrons. The quantitative estimate of drug-likeness (QED) is 0.549. The van der Waals surface area contributed by atoms with Crippen molar-refractivity contribution in [3.05, 3.63) is 54.4 Å². The molecule has 2 amide bonds. The summed E-state index contributed by atoms with van der Waals surface area (Å²) in [5.74, 6) is 1.20. The number of hydrogen-bond acceptors (Lipinski definition) is 6. The van der Waals surface area contributed by atoms with Gasteiger partial charge in [-0.3, -0.25) is 9.59 Å². The van der Waals surface area contributed by atoms with E-state index in [0.717, 1.165) is 48.8 Å². The van der Waals surface area contributed by atoms with Crippen LogP contribution in [-0.2, 0) is 26.6 Å². The number of carbonyl (C=O) groups excluding carboxylic acids is 2. The molecule has 2 heterocycles. The van der Waals surface area contributed by atoms with Crippen molar-refractivity contribution < 1.29 is 14.3 Å². The molecule has 0 radical (unpaired) electrons. The standard InChI is InChI=1S/C24H29N5O3S/c1-27(24(31)16-29-21-6-4-3-5-20(21)26-22(29)17-33-2)15-23(30)25-18-7-9-19(10-8-18)28-11-13-32-14-12-28/h3-10H,11-17H2,1-2H3,(H,25,30). The van der Waals surface area contributed by atoms with Gasteiger partial charge in [0.2, 0.25) is 11.8 Å². The van der Waals surface area contributed by atoms with Gasteiger partial charge in [-0.1, -0.05) is 12.1 Å². The van der Waals surface area contributed by atoms with Gasteiger partial charge in [-0.05, 0) is 42.7 Å². The molecule has 0 spiro atoms. The molecule has 1 saturated heterocycles. The minimum atomic E-state index is -0.232. The molecular weight excluding hydrogens is 438 g/mol. The Morgan fingerprint density at radius 3 is 2.58 bits per heavy atom. The molecule has 0 aliphatic carbocycles. The number of para-hydroxylation sites is 2. The third-order valence-corrected chi connectivity index (χ3v) is 6.18. The fourth-order valence-corrected chi connectivity index (χ4v) is 4.36. The van der Waals surface area contributed by atoms with Crippen LogP contribution in [0.3, 0.4) is 0 Å². The molecule has 0 unspecified atom stereocenters. The molecular formula is C24H29N5O3S. The number of rotatable bonds is 8. The van der Waals surface area contributed by atoms with Crippen LogP contribution < -0.4 is 10.2 Å². The van der Waals surface area contributed by atoms with Gasteiger partial charge in [0.05, 0.1) is 36.5 Å². The summed E-state index contributed by atoms with van der Waals surface area (Å²) < 4.78 is 7.33. The van der Waals surface area contributed by atoms with Crippen LogP contribution in [0.2, 0.25) is 0 Å². The largest absolute Gasteiger partial charge is 0.378 e. The summed E-state index contributed by atoms with van der Waals surface area (Å²) in [6, 6.07) is 15.5. The van der Waals surface area contributed by atoms with E-state index < -0.39 is 0 Å². The molecule has 33 heavy (non-hydrogen) atoms. The number of carbonyl (C=O) groups is 2. The number of fused-ring (bicyclic) bond motifs is 1. The second kappa shape index (κ2) is 10.7. The second-order valence-corrected chi connectivity index (χ2v) is 8.85. The van der Waals surface area contributed by atoms with Gasteiger partial charge in [-0.2, -0.15) is 11.8 Å². The average molecular weight is 468 g/mol. The van der Waals surface area contributed by atoms with Crippen molar-refractivity contribution in [1.82, 2.24) is 14.5 Å². The van der Waals surface area contributed by atoms with Gasteiger partial charge in [-0.25, -0.2) is 4.98 Å². The average Bonchev–Trinajstić information content (AvgIpc) is 3.17. The van der Waals surface area contributed by atoms with Gasteiger partial charge < -0.3 is 24.4 Å². The first kappa shape index (κ1) is 23.1. The molecule has 1 N–H and O–H groups in total. The molecule has 1 aliphatic heterocycles. The van der Waals surface area contributed by atoms with Crippen molar-refractivity contribution in [3.63, 3.8) is 0 Å². The van der Waals surface area contributed by atoms with Gasteiger partial charge in [0.15, 0.2) is 0 Å². The van der Waals surface area contributed by atoms with E-state index in [1.54, 1.807) is 18.8 Å². The molecule has 3 aromatic rings. The van der Waals surface area contributed by atoms with Crippen LogP contribution in [0.1, 0.15) is 5.82 Å². The normalized spacial score (nSPS) is 13.8. The lowest BCUT2D eigenvalue weighted by molar-refractivity contribution is -0.133. The Morgan fingerprint density at radius 2 is 1.85 bits per heavy atom. The zero-order valence-corrected chi connectivity index (χ0v) is 19.8. The second-order valence-electron chi connectivity index (χ2n) is 7.98. The fraction of sp³-hybridized carbons (Fsp3) is 0.375. The third-order valence-electron chi connectivity index (χ3n) is 5.63. The first-order chi connectivity index (χ1) is 16.0. The van der Waals surface area contributed by atoms with Crippen LogP contribution in [-0.4, -0.2) is 72.4 Å². The molecule has 2 aromatic carbocycles. The number of nitrogens with zero attached hydrogens (tertiary/aromatic N) is 4. The monoisotopic (exact) mass is 467 g/mol. The number of amides is 2. The molecule has 1 aromatic heterocycles. The summed E-state index contributed by atoms with van der Waals surface area (Å²) in [4.78, 5) is 33.8. The van der Waals surface area contributed by atoms with E-state index in [-0.39, 0.29) is 24.9 Å². The molecule has 9 heteroatoms. The highest BCUT2D eigenvalue weighted by Crippen LogP contribution is 2.20. The predicted molar refractivity (Wildman–Crippen MR) is 133 cm³/mol. The van der Waals surface area contributed by atoms with E-state index in [1.807, 2.05) is 59.4 Å². The summed E-state index contributed by atoms with van der Waals surface area (Å²) in [7, 11) is 1.65. The van der Waals surface area contributed by atoms with Crippen LogP contribution in [0.4, 0.5) is 11.4 Å². The zero-order valence-electron chi connectivity index (χ0n) is 19.0. The van der Waals surface area contributed by atoms with Crippen molar-refractivity contribution in [3.8, 4) is 0 Å². The van der Waals surface area contributed by atoms with Gasteiger partial charge in [0.25, 0.3) is 0 Å². The van der Waals surface area contributed by atoms with Gasteiger partial charge in [0.1, 0.15) is 12.4 Å². The highest BCUT2D eigenvalue weighted by molar-refractivity contribution is 7.97. The van der Waals surface area contributed by atoms with Gasteiger partial charge >= 0.3 is 0 Å². The fourth-order valence-electron chi connectivity index (χ4n) is 3.88. The Morgan fingerprint density at radius 1 is 1.12 bits per heavy atom. The number of morpholine rings is 1. The smallest absolute Gasteiger partial charge is 0.243 e. The molecule has 0 bridgehead atoms. The van der Waals surface area contributed by atoms with Crippen LogP contribution in [0.25, 0.3) is 11.0 Å². The Balaban J connectivity index is 1.35. The van der Waals surface area contributed by atoms with Gasteiger partial charge in [-0.15, -0.1) is 0 Å². The van der Waals surface area contributed by atoms with Crippen molar-refractivity contribution in [2.24, 2.45) is 0 Å². The first-order valence-corrected chi connectivity index (χ1v) is 12.3. The number of ether oxygens (including phenoxy) is 1. The Bertz CT molecular complexity index is 1110. The maximum absolute atomic E-state index is 12.9. The van der Waals surface area contributed by atoms with E-state index in [2.05, 4.69) is 15.2 Å². The van der Waals surface area contributed by atoms with Gasteiger partial charge in [0, 0.05) is 31.5 Å². The molecule has 1 fully saturated rings. The topological polar surface area (TPSA) is 79.7 Å². The highest BCUT2D eigenvalue weighted by atomic mass is 32.2. The Labute approximate surface area is 197 Å². The minimum Gasteiger partial charge on any atom is -0.378 e. The van der Waals surface area contributed by atoms with Crippen molar-refractivity contribution in [2.45, 2.75) is 12.3 Å². The van der Waals surface area contributed by atoms with E-state index in [9.17, 15) is 9.59 Å². The van der Waals surface area contributed by atoms with Crippen molar-refractivity contribution >= 4 is 46.0 Å². The van der Waals surface area contributed by atoms with Crippen LogP contribution >= 0.6 is 11.8 Å². The predicted octanol–water partition coefficient (Wildman–Crippen LogP) is 2.83. The number of imidazole rings is 1. The molecule has 0 saturated carbocycles. The number of thioether (sulfide) groups is 1. The molecule has 0 atom stereocenters. The minimum absolute atomic E-state index is 0.0193. The van der Waals surface area contributed by atoms with Crippen LogP contribution in [0.5, 0.6) is 0 Å². The van der Waals surface area contributed by atoms with E-state index in [0.29, 0.717) is 11.4 Å². The van der Waals surface area contributed by atoms with Crippen LogP contribution in [0, 0.1) is 0 Å². The van der Waals surface area contributed by atoms with E-state index in [1.165, 1.54) is 4.90 Å². The number of hydrogen-bond donors (Lipinski definition) is 1. The van der Waals surface area contributed by atoms with E-state index in [4.69, 9.17) is 4.74 Å². The summed E-state index contributed by atoms with van der Waals surface area (Å²) in [5, 5.41) is 2.88. The van der Waals surface area contributed by atoms with Crippen molar-refractivity contribution in [1.29, 1.82) is 0 Å². The Hall–Kier alpha value is -3.04. The maximum atomic E-state index is 12.9. The number of likely N-dealkylation sites (N-methyl/N-ethyl adjacent to an activating group) is 1. The summed E-state index contributed by atoms with van der Waals surface area (Å²) >= 11 is 1.66. The summed E-state index contributed by atoms with van der Waals surface area (Å²) in [5.41, 5.74) is 3.61. The molecule has 1 aliphatic rings.